The first-order valence-corrected chi connectivity index (χ1v) is 8.91. The molecule has 26 heavy (non-hydrogen) atoms. The minimum Gasteiger partial charge on any atom is -0.506 e. The second-order valence-electron chi connectivity index (χ2n) is 6.54. The predicted octanol–water partition coefficient (Wildman–Crippen LogP) is 5.84. The third-order valence-electron chi connectivity index (χ3n) is 4.95. The van der Waals surface area contributed by atoms with Crippen LogP contribution in [0, 0.1) is 0 Å². The Bertz CT molecular complexity index is 1070. The Balaban J connectivity index is 1.92. The Kier molecular flexibility index (Phi) is 4.13. The van der Waals surface area contributed by atoms with Crippen LogP contribution in [0.5, 0.6) is 0 Å². The SMILES string of the molecule is C=C(O)c1[nH]c(-c2cccc3[nH]ccc23)c(CC)c1Cc1ccccc1. The van der Waals surface area contributed by atoms with Crippen LogP contribution in [0.2, 0.25) is 0 Å². The van der Waals surface area contributed by atoms with Crippen molar-refractivity contribution < 1.29 is 5.11 Å². The number of aliphatic hydroxyl groups is 1. The molecule has 0 aliphatic heterocycles. The van der Waals surface area contributed by atoms with Gasteiger partial charge in [0, 0.05) is 22.7 Å². The Hall–Kier alpha value is -3.20. The molecule has 4 aromatic rings. The lowest BCUT2D eigenvalue weighted by Gasteiger charge is -2.08. The Labute approximate surface area is 153 Å². The van der Waals surface area contributed by atoms with E-state index in [0.717, 1.165) is 40.9 Å². The number of aromatic amines is 2. The molecular formula is C23H22N2O. The highest BCUT2D eigenvalue weighted by Gasteiger charge is 2.20. The first-order chi connectivity index (χ1) is 12.7. The summed E-state index contributed by atoms with van der Waals surface area (Å²) >= 11 is 0. The zero-order valence-corrected chi connectivity index (χ0v) is 14.8. The summed E-state index contributed by atoms with van der Waals surface area (Å²) in [5.74, 6) is 0.0816. The second kappa shape index (κ2) is 6.60. The van der Waals surface area contributed by atoms with Gasteiger partial charge < -0.3 is 15.1 Å². The van der Waals surface area contributed by atoms with E-state index < -0.39 is 0 Å². The molecule has 3 nitrogen and oxygen atoms in total. The lowest BCUT2D eigenvalue weighted by molar-refractivity contribution is 0.510. The average molecular weight is 342 g/mol. The quantitative estimate of drug-likeness (QED) is 0.392. The monoisotopic (exact) mass is 342 g/mol. The third-order valence-corrected chi connectivity index (χ3v) is 4.95. The highest BCUT2D eigenvalue weighted by Crippen LogP contribution is 2.36. The van der Waals surface area contributed by atoms with Crippen molar-refractivity contribution >= 4 is 16.7 Å². The smallest absolute Gasteiger partial charge is 0.132 e. The number of hydrogen-bond donors (Lipinski definition) is 3. The van der Waals surface area contributed by atoms with Gasteiger partial charge in [-0.05, 0) is 41.7 Å². The number of fused-ring (bicyclic) bond motifs is 1. The van der Waals surface area contributed by atoms with Crippen molar-refractivity contribution in [1.82, 2.24) is 9.97 Å². The predicted molar refractivity (Wildman–Crippen MR) is 108 cm³/mol. The largest absolute Gasteiger partial charge is 0.506 e. The number of aromatic nitrogens is 2. The van der Waals surface area contributed by atoms with E-state index in [4.69, 9.17) is 0 Å². The summed E-state index contributed by atoms with van der Waals surface area (Å²) in [5, 5.41) is 11.4. The van der Waals surface area contributed by atoms with Crippen LogP contribution < -0.4 is 0 Å². The third kappa shape index (κ3) is 2.72. The fraction of sp³-hybridized carbons (Fsp3) is 0.130. The van der Waals surface area contributed by atoms with Crippen LogP contribution in [0.3, 0.4) is 0 Å². The van der Waals surface area contributed by atoms with Crippen molar-refractivity contribution in [2.45, 2.75) is 19.8 Å². The summed E-state index contributed by atoms with van der Waals surface area (Å²) in [7, 11) is 0. The molecule has 0 aliphatic carbocycles. The zero-order chi connectivity index (χ0) is 18.1. The van der Waals surface area contributed by atoms with Crippen molar-refractivity contribution in [2.24, 2.45) is 0 Å². The van der Waals surface area contributed by atoms with Crippen molar-refractivity contribution in [2.75, 3.05) is 0 Å². The van der Waals surface area contributed by atoms with Crippen LogP contribution in [-0.2, 0) is 12.8 Å². The minimum absolute atomic E-state index is 0.0816. The van der Waals surface area contributed by atoms with Crippen molar-refractivity contribution in [3.8, 4) is 11.3 Å². The molecule has 2 heterocycles. The molecule has 0 spiro atoms. The lowest BCUT2D eigenvalue weighted by atomic mass is 9.95. The highest BCUT2D eigenvalue weighted by molar-refractivity contribution is 5.95. The maximum atomic E-state index is 10.2. The molecule has 0 fully saturated rings. The molecule has 0 saturated carbocycles. The summed E-state index contributed by atoms with van der Waals surface area (Å²) in [5.41, 5.74) is 7.61. The van der Waals surface area contributed by atoms with Gasteiger partial charge in [0.2, 0.25) is 0 Å². The summed E-state index contributed by atoms with van der Waals surface area (Å²) in [6.07, 6.45) is 3.60. The van der Waals surface area contributed by atoms with Gasteiger partial charge in [0.15, 0.2) is 0 Å². The number of aliphatic hydroxyl groups excluding tert-OH is 1. The Morgan fingerprint density at radius 3 is 2.54 bits per heavy atom. The number of nitrogens with one attached hydrogen (secondary N) is 2. The Morgan fingerprint density at radius 2 is 1.81 bits per heavy atom. The van der Waals surface area contributed by atoms with Gasteiger partial charge >= 0.3 is 0 Å². The normalized spacial score (nSPS) is 11.1. The van der Waals surface area contributed by atoms with Gasteiger partial charge in [-0.15, -0.1) is 0 Å². The summed E-state index contributed by atoms with van der Waals surface area (Å²) in [6, 6.07) is 18.7. The Morgan fingerprint density at radius 1 is 1.00 bits per heavy atom. The van der Waals surface area contributed by atoms with Crippen LogP contribution in [0.4, 0.5) is 0 Å². The van der Waals surface area contributed by atoms with E-state index in [9.17, 15) is 5.11 Å². The van der Waals surface area contributed by atoms with E-state index in [1.54, 1.807) is 0 Å². The van der Waals surface area contributed by atoms with Crippen LogP contribution in [-0.4, -0.2) is 15.1 Å². The van der Waals surface area contributed by atoms with E-state index >= 15 is 0 Å². The highest BCUT2D eigenvalue weighted by atomic mass is 16.3. The van der Waals surface area contributed by atoms with Crippen LogP contribution in [0.1, 0.15) is 29.3 Å². The van der Waals surface area contributed by atoms with Crippen LogP contribution in [0.25, 0.3) is 27.9 Å². The zero-order valence-electron chi connectivity index (χ0n) is 14.8. The summed E-state index contributed by atoms with van der Waals surface area (Å²) < 4.78 is 0. The van der Waals surface area contributed by atoms with E-state index in [0.29, 0.717) is 0 Å². The topological polar surface area (TPSA) is 51.8 Å². The lowest BCUT2D eigenvalue weighted by Crippen LogP contribution is -1.96. The summed E-state index contributed by atoms with van der Waals surface area (Å²) in [6.45, 7) is 5.94. The number of hydrogen-bond acceptors (Lipinski definition) is 1. The first kappa shape index (κ1) is 16.3. The van der Waals surface area contributed by atoms with Gasteiger partial charge in [0.05, 0.1) is 11.4 Å². The van der Waals surface area contributed by atoms with Crippen molar-refractivity contribution in [1.29, 1.82) is 0 Å². The van der Waals surface area contributed by atoms with Gasteiger partial charge in [-0.2, -0.15) is 0 Å². The molecule has 2 aromatic heterocycles. The first-order valence-electron chi connectivity index (χ1n) is 8.91. The fourth-order valence-corrected chi connectivity index (χ4v) is 3.74. The number of rotatable bonds is 5. The van der Waals surface area contributed by atoms with E-state index in [1.165, 1.54) is 16.5 Å². The molecular weight excluding hydrogens is 320 g/mol. The van der Waals surface area contributed by atoms with Gasteiger partial charge in [-0.25, -0.2) is 0 Å². The fourth-order valence-electron chi connectivity index (χ4n) is 3.74. The van der Waals surface area contributed by atoms with E-state index in [1.807, 2.05) is 24.4 Å². The molecule has 2 aromatic carbocycles. The molecule has 3 heteroatoms. The number of benzene rings is 2. The average Bonchev–Trinajstić information content (AvgIpc) is 3.26. The molecule has 0 unspecified atom stereocenters. The summed E-state index contributed by atoms with van der Waals surface area (Å²) in [4.78, 5) is 6.73. The van der Waals surface area contributed by atoms with Crippen molar-refractivity contribution in [3.63, 3.8) is 0 Å². The molecule has 0 saturated heterocycles. The number of H-pyrrole nitrogens is 2. The van der Waals surface area contributed by atoms with Gasteiger partial charge in [0.1, 0.15) is 5.76 Å². The molecule has 0 radical (unpaired) electrons. The van der Waals surface area contributed by atoms with Crippen molar-refractivity contribution in [3.05, 3.63) is 89.8 Å². The molecule has 0 amide bonds. The maximum absolute atomic E-state index is 10.2. The molecule has 0 bridgehead atoms. The van der Waals surface area contributed by atoms with Gasteiger partial charge in [0.25, 0.3) is 0 Å². The van der Waals surface area contributed by atoms with Gasteiger partial charge in [-0.1, -0.05) is 56.0 Å². The molecule has 0 atom stereocenters. The van der Waals surface area contributed by atoms with E-state index in [-0.39, 0.29) is 5.76 Å². The molecule has 3 N–H and O–H groups in total. The molecule has 4 rings (SSSR count). The van der Waals surface area contributed by atoms with Crippen LogP contribution in [0.15, 0.2) is 67.4 Å². The maximum Gasteiger partial charge on any atom is 0.132 e. The minimum atomic E-state index is 0.0816. The van der Waals surface area contributed by atoms with E-state index in [2.05, 4.69) is 59.9 Å². The van der Waals surface area contributed by atoms with Gasteiger partial charge in [-0.3, -0.25) is 0 Å². The molecule has 130 valence electrons. The second-order valence-corrected chi connectivity index (χ2v) is 6.54. The molecule has 0 aliphatic rings. The standard InChI is InChI=1S/C23H22N2O/c1-3-17-20(14-16-8-5-4-6-9-16)22(15(2)26)25-23(17)19-10-7-11-21-18(19)12-13-24-21/h4-13,24-26H,2-3,14H2,1H3. The van der Waals surface area contributed by atoms with Crippen LogP contribution >= 0.6 is 0 Å².